The number of hydrogen-bond acceptors (Lipinski definition) is 5. The first-order valence-electron chi connectivity index (χ1n) is 4.45. The molecule has 0 unspecified atom stereocenters. The Labute approximate surface area is 81.4 Å². The Kier molecular flexibility index (Phi) is 2.49. The van der Waals surface area contributed by atoms with Crippen molar-refractivity contribution in [3.05, 3.63) is 11.9 Å². The largest absolute Gasteiger partial charge is 0.379 e. The maximum absolute atomic E-state index is 10.2. The van der Waals surface area contributed by atoms with E-state index in [1.54, 1.807) is 13.2 Å². The molecule has 0 aromatic carbocycles. The smallest absolute Gasteiger partial charge is 0.156 e. The monoisotopic (exact) mass is 199 g/mol. The van der Waals surface area contributed by atoms with Crippen molar-refractivity contribution in [1.82, 2.24) is 15.0 Å². The van der Waals surface area contributed by atoms with E-state index in [4.69, 9.17) is 9.47 Å². The van der Waals surface area contributed by atoms with Crippen LogP contribution in [0.2, 0.25) is 0 Å². The molecule has 0 atom stereocenters. The standard InChI is InChI=1S/C8H13N3O3/c1-11-4-7(9-10-11)8(12)5-13-2-3-14-6-8/h4,12H,2-3,5-6H2,1H3. The van der Waals surface area contributed by atoms with Gasteiger partial charge in [0.2, 0.25) is 0 Å². The molecule has 0 saturated carbocycles. The van der Waals surface area contributed by atoms with Crippen LogP contribution < -0.4 is 0 Å². The predicted molar refractivity (Wildman–Crippen MR) is 46.5 cm³/mol. The van der Waals surface area contributed by atoms with E-state index in [0.717, 1.165) is 0 Å². The van der Waals surface area contributed by atoms with Crippen LogP contribution in [0.15, 0.2) is 6.20 Å². The highest BCUT2D eigenvalue weighted by Crippen LogP contribution is 2.21. The Morgan fingerprint density at radius 1 is 1.43 bits per heavy atom. The van der Waals surface area contributed by atoms with Crippen LogP contribution in [0.1, 0.15) is 5.69 Å². The third-order valence-corrected chi connectivity index (χ3v) is 2.13. The minimum Gasteiger partial charge on any atom is -0.379 e. The van der Waals surface area contributed by atoms with Crippen molar-refractivity contribution >= 4 is 0 Å². The molecule has 0 radical (unpaired) electrons. The first-order valence-corrected chi connectivity index (χ1v) is 4.45. The van der Waals surface area contributed by atoms with E-state index in [1.807, 2.05) is 0 Å². The highest BCUT2D eigenvalue weighted by Gasteiger charge is 2.34. The van der Waals surface area contributed by atoms with Gasteiger partial charge in [0.1, 0.15) is 5.69 Å². The fraction of sp³-hybridized carbons (Fsp3) is 0.750. The van der Waals surface area contributed by atoms with Crippen molar-refractivity contribution in [2.24, 2.45) is 7.05 Å². The summed E-state index contributed by atoms with van der Waals surface area (Å²) in [6, 6.07) is 0. The molecule has 0 spiro atoms. The van der Waals surface area contributed by atoms with Gasteiger partial charge in [-0.1, -0.05) is 5.21 Å². The van der Waals surface area contributed by atoms with E-state index in [2.05, 4.69) is 10.3 Å². The molecule has 1 aromatic rings. The number of aliphatic hydroxyl groups is 1. The molecule has 6 nitrogen and oxygen atoms in total. The van der Waals surface area contributed by atoms with Gasteiger partial charge in [0, 0.05) is 7.05 Å². The van der Waals surface area contributed by atoms with Gasteiger partial charge in [-0.05, 0) is 0 Å². The van der Waals surface area contributed by atoms with Crippen LogP contribution in [0.5, 0.6) is 0 Å². The Morgan fingerprint density at radius 3 is 2.57 bits per heavy atom. The van der Waals surface area contributed by atoms with Crippen molar-refractivity contribution in [3.8, 4) is 0 Å². The lowest BCUT2D eigenvalue weighted by atomic mass is 10.0. The summed E-state index contributed by atoms with van der Waals surface area (Å²) in [6.07, 6.45) is 1.66. The second-order valence-corrected chi connectivity index (χ2v) is 3.41. The molecule has 1 aromatic heterocycles. The van der Waals surface area contributed by atoms with Crippen molar-refractivity contribution in [2.45, 2.75) is 5.60 Å². The normalized spacial score (nSPS) is 21.9. The first kappa shape index (κ1) is 9.57. The fourth-order valence-electron chi connectivity index (χ4n) is 1.35. The van der Waals surface area contributed by atoms with Gasteiger partial charge in [0.05, 0.1) is 32.6 Å². The first-order chi connectivity index (χ1) is 6.71. The number of hydrogen-bond donors (Lipinski definition) is 1. The number of rotatable bonds is 1. The van der Waals surface area contributed by atoms with Crippen LogP contribution in [0.3, 0.4) is 0 Å². The molecule has 1 fully saturated rings. The molecule has 2 rings (SSSR count). The number of aromatic nitrogens is 3. The molecular formula is C8H13N3O3. The third-order valence-electron chi connectivity index (χ3n) is 2.13. The van der Waals surface area contributed by atoms with Gasteiger partial charge in [-0.3, -0.25) is 4.68 Å². The summed E-state index contributed by atoms with van der Waals surface area (Å²) in [5, 5.41) is 17.8. The summed E-state index contributed by atoms with van der Waals surface area (Å²) >= 11 is 0. The van der Waals surface area contributed by atoms with Crippen molar-refractivity contribution < 1.29 is 14.6 Å². The van der Waals surface area contributed by atoms with Crippen LogP contribution in [0, 0.1) is 0 Å². The fourth-order valence-corrected chi connectivity index (χ4v) is 1.35. The molecule has 6 heteroatoms. The topological polar surface area (TPSA) is 69.4 Å². The Morgan fingerprint density at radius 2 is 2.07 bits per heavy atom. The zero-order valence-electron chi connectivity index (χ0n) is 8.01. The van der Waals surface area contributed by atoms with E-state index >= 15 is 0 Å². The molecule has 0 amide bonds. The van der Waals surface area contributed by atoms with E-state index in [-0.39, 0.29) is 13.2 Å². The molecule has 1 N–H and O–H groups in total. The maximum atomic E-state index is 10.2. The van der Waals surface area contributed by atoms with Crippen molar-refractivity contribution in [1.29, 1.82) is 0 Å². The van der Waals surface area contributed by atoms with Crippen LogP contribution >= 0.6 is 0 Å². The third kappa shape index (κ3) is 1.77. The van der Waals surface area contributed by atoms with Gasteiger partial charge in [0.15, 0.2) is 5.60 Å². The molecule has 0 bridgehead atoms. The highest BCUT2D eigenvalue weighted by atomic mass is 16.6. The quantitative estimate of drug-likeness (QED) is 0.631. The van der Waals surface area contributed by atoms with Gasteiger partial charge in [0.25, 0.3) is 0 Å². The zero-order chi connectivity index (χ0) is 10.0. The highest BCUT2D eigenvalue weighted by molar-refractivity contribution is 5.07. The van der Waals surface area contributed by atoms with Crippen LogP contribution in [-0.4, -0.2) is 46.5 Å². The average Bonchev–Trinajstić information content (AvgIpc) is 2.47. The summed E-state index contributed by atoms with van der Waals surface area (Å²) in [7, 11) is 1.75. The lowest BCUT2D eigenvalue weighted by Gasteiger charge is -2.21. The van der Waals surface area contributed by atoms with Crippen molar-refractivity contribution in [3.63, 3.8) is 0 Å². The van der Waals surface area contributed by atoms with Crippen LogP contribution in [0.25, 0.3) is 0 Å². The van der Waals surface area contributed by atoms with Crippen molar-refractivity contribution in [2.75, 3.05) is 26.4 Å². The second kappa shape index (κ2) is 3.64. The molecule has 14 heavy (non-hydrogen) atoms. The SMILES string of the molecule is Cn1cc(C2(O)COCCOC2)nn1. The summed E-state index contributed by atoms with van der Waals surface area (Å²) in [6.45, 7) is 1.41. The second-order valence-electron chi connectivity index (χ2n) is 3.41. The Bertz CT molecular complexity index is 305. The van der Waals surface area contributed by atoms with E-state index in [1.165, 1.54) is 4.68 Å². The number of nitrogens with zero attached hydrogens (tertiary/aromatic N) is 3. The molecule has 1 aliphatic rings. The molecule has 0 aliphatic carbocycles. The van der Waals surface area contributed by atoms with Crippen LogP contribution in [-0.2, 0) is 22.1 Å². The summed E-state index contributed by atoms with van der Waals surface area (Å²) in [5.41, 5.74) is -0.674. The summed E-state index contributed by atoms with van der Waals surface area (Å²) in [4.78, 5) is 0. The Balaban J connectivity index is 2.20. The lowest BCUT2D eigenvalue weighted by Crippen LogP contribution is -2.35. The minimum absolute atomic E-state index is 0.200. The van der Waals surface area contributed by atoms with E-state index in [9.17, 15) is 5.11 Å². The average molecular weight is 199 g/mol. The van der Waals surface area contributed by atoms with E-state index < -0.39 is 5.60 Å². The zero-order valence-corrected chi connectivity index (χ0v) is 8.01. The molecule has 78 valence electrons. The molecule has 2 heterocycles. The molecule has 1 saturated heterocycles. The summed E-state index contributed by atoms with van der Waals surface area (Å²) in [5.74, 6) is 0. The van der Waals surface area contributed by atoms with Gasteiger partial charge in [-0.15, -0.1) is 5.10 Å². The van der Waals surface area contributed by atoms with Gasteiger partial charge in [-0.25, -0.2) is 0 Å². The number of ether oxygens (including phenoxy) is 2. The molecular weight excluding hydrogens is 186 g/mol. The molecule has 1 aliphatic heterocycles. The summed E-state index contributed by atoms with van der Waals surface area (Å²) < 4.78 is 12.0. The van der Waals surface area contributed by atoms with Gasteiger partial charge in [-0.2, -0.15) is 0 Å². The van der Waals surface area contributed by atoms with Gasteiger partial charge < -0.3 is 14.6 Å². The van der Waals surface area contributed by atoms with Gasteiger partial charge >= 0.3 is 0 Å². The predicted octanol–water partition coefficient (Wildman–Crippen LogP) is -0.951. The lowest BCUT2D eigenvalue weighted by molar-refractivity contribution is -0.0630. The minimum atomic E-state index is -1.16. The maximum Gasteiger partial charge on any atom is 0.156 e. The van der Waals surface area contributed by atoms with E-state index in [0.29, 0.717) is 18.9 Å². The van der Waals surface area contributed by atoms with Crippen LogP contribution in [0.4, 0.5) is 0 Å². The Hall–Kier alpha value is -0.980. The number of aryl methyl sites for hydroxylation is 1.